The highest BCUT2D eigenvalue weighted by molar-refractivity contribution is 5.94. The third kappa shape index (κ3) is 5.42. The number of hydrogen-bond acceptors (Lipinski definition) is 6. The van der Waals surface area contributed by atoms with Crippen LogP contribution in [0.5, 0.6) is 5.75 Å². The molecule has 1 aliphatic heterocycles. The van der Waals surface area contributed by atoms with E-state index in [0.717, 1.165) is 41.7 Å². The highest BCUT2D eigenvalue weighted by atomic mass is 19.1. The van der Waals surface area contributed by atoms with Crippen molar-refractivity contribution in [2.75, 3.05) is 49.7 Å². The number of anilines is 2. The van der Waals surface area contributed by atoms with Gasteiger partial charge >= 0.3 is 0 Å². The summed E-state index contributed by atoms with van der Waals surface area (Å²) in [6, 6.07) is 1.90. The maximum atomic E-state index is 15.4. The molecule has 0 unspecified atom stereocenters. The van der Waals surface area contributed by atoms with E-state index >= 15 is 4.39 Å². The molecule has 178 valence electrons. The number of fused-ring (bicyclic) bond motifs is 1. The Bertz CT molecular complexity index is 852. The van der Waals surface area contributed by atoms with E-state index in [2.05, 4.69) is 29.9 Å². The van der Waals surface area contributed by atoms with Gasteiger partial charge in [-0.15, -0.1) is 0 Å². The molecule has 8 heteroatoms. The Morgan fingerprint density at radius 2 is 2.09 bits per heavy atom. The van der Waals surface area contributed by atoms with E-state index in [-0.39, 0.29) is 6.54 Å². The molecule has 1 aromatic rings. The Morgan fingerprint density at radius 3 is 2.62 bits per heavy atom. The van der Waals surface area contributed by atoms with Gasteiger partial charge in [0, 0.05) is 44.0 Å². The van der Waals surface area contributed by atoms with Crippen LogP contribution < -0.4 is 25.6 Å². The normalized spacial score (nSPS) is 14.8. The number of ether oxygens (including phenoxy) is 1. The number of amides is 1. The lowest BCUT2D eigenvalue weighted by Crippen LogP contribution is -2.39. The number of nitrogens with zero attached hydrogens (tertiary/aromatic N) is 2. The fraction of sp³-hybridized carbons (Fsp3) is 0.542. The zero-order chi connectivity index (χ0) is 23.8. The molecule has 7 nitrogen and oxygen atoms in total. The van der Waals surface area contributed by atoms with Gasteiger partial charge < -0.3 is 30.7 Å². The minimum Gasteiger partial charge on any atom is -0.492 e. The molecule has 3 rings (SSSR count). The molecular formula is C24H37FN4O3. The van der Waals surface area contributed by atoms with Gasteiger partial charge in [0.1, 0.15) is 12.3 Å². The van der Waals surface area contributed by atoms with Crippen molar-refractivity contribution in [3.8, 4) is 5.75 Å². The van der Waals surface area contributed by atoms with Crippen molar-refractivity contribution in [3.63, 3.8) is 0 Å². The maximum absolute atomic E-state index is 15.4. The van der Waals surface area contributed by atoms with Crippen LogP contribution in [-0.4, -0.2) is 57.0 Å². The SMILES string of the molecule is C=C1C(CC)=CN(C2CC2)c2c1cc(F)c(N(CCN)CCNC(=O)CO)c2OC.CC. The number of allylic oxidation sites excluding steroid dienone is 2. The first-order chi connectivity index (χ1) is 15.5. The molecular weight excluding hydrogens is 411 g/mol. The van der Waals surface area contributed by atoms with E-state index in [1.165, 1.54) is 6.07 Å². The van der Waals surface area contributed by atoms with Gasteiger partial charge in [-0.2, -0.15) is 0 Å². The molecule has 1 amide bonds. The number of carbonyl (C=O) groups excluding carboxylic acids is 1. The highest BCUT2D eigenvalue weighted by Crippen LogP contribution is 2.51. The van der Waals surface area contributed by atoms with E-state index in [9.17, 15) is 4.79 Å². The highest BCUT2D eigenvalue weighted by Gasteiger charge is 2.37. The number of carbonyl (C=O) groups is 1. The Hall–Kier alpha value is -2.58. The third-order valence-corrected chi connectivity index (χ3v) is 5.54. The van der Waals surface area contributed by atoms with Gasteiger partial charge in [0.15, 0.2) is 11.6 Å². The van der Waals surface area contributed by atoms with Crippen molar-refractivity contribution in [2.24, 2.45) is 5.73 Å². The molecule has 1 heterocycles. The summed E-state index contributed by atoms with van der Waals surface area (Å²) >= 11 is 0. The summed E-state index contributed by atoms with van der Waals surface area (Å²) in [4.78, 5) is 15.3. The quantitative estimate of drug-likeness (QED) is 0.510. The number of hydrogen-bond donors (Lipinski definition) is 3. The van der Waals surface area contributed by atoms with Crippen molar-refractivity contribution >= 4 is 22.9 Å². The minimum absolute atomic E-state index is 0.248. The third-order valence-electron chi connectivity index (χ3n) is 5.54. The van der Waals surface area contributed by atoms with Crippen LogP contribution in [0.1, 0.15) is 45.6 Å². The summed E-state index contributed by atoms with van der Waals surface area (Å²) in [7, 11) is 1.54. The average molecular weight is 449 g/mol. The number of nitrogens with two attached hydrogens (primary N) is 1. The molecule has 0 atom stereocenters. The monoisotopic (exact) mass is 448 g/mol. The van der Waals surface area contributed by atoms with E-state index < -0.39 is 18.3 Å². The second-order valence-electron chi connectivity index (χ2n) is 7.55. The van der Waals surface area contributed by atoms with Gasteiger partial charge in [-0.1, -0.05) is 27.4 Å². The van der Waals surface area contributed by atoms with E-state index in [0.29, 0.717) is 37.1 Å². The van der Waals surface area contributed by atoms with Crippen LogP contribution in [0.15, 0.2) is 24.4 Å². The van der Waals surface area contributed by atoms with E-state index in [1.807, 2.05) is 13.8 Å². The van der Waals surface area contributed by atoms with Gasteiger partial charge in [-0.05, 0) is 36.5 Å². The maximum Gasteiger partial charge on any atom is 0.245 e. The minimum atomic E-state index is -0.585. The van der Waals surface area contributed by atoms with Crippen molar-refractivity contribution < 1.29 is 19.0 Å². The number of methoxy groups -OCH3 is 1. The van der Waals surface area contributed by atoms with Crippen LogP contribution in [0.25, 0.3) is 5.57 Å². The van der Waals surface area contributed by atoms with Crippen molar-refractivity contribution in [1.29, 1.82) is 0 Å². The number of rotatable bonds is 10. The Kier molecular flexibility index (Phi) is 9.53. The molecule has 0 aromatic heterocycles. The summed E-state index contributed by atoms with van der Waals surface area (Å²) in [6.07, 6.45) is 5.09. The zero-order valence-corrected chi connectivity index (χ0v) is 19.7. The van der Waals surface area contributed by atoms with Crippen LogP contribution in [0.2, 0.25) is 0 Å². The summed E-state index contributed by atoms with van der Waals surface area (Å²) in [6.45, 7) is 11.0. The number of benzene rings is 1. The van der Waals surface area contributed by atoms with Crippen molar-refractivity contribution in [1.82, 2.24) is 5.32 Å². The Morgan fingerprint density at radius 1 is 1.41 bits per heavy atom. The van der Waals surface area contributed by atoms with Crippen LogP contribution in [0.4, 0.5) is 15.8 Å². The first-order valence-electron chi connectivity index (χ1n) is 11.4. The summed E-state index contributed by atoms with van der Waals surface area (Å²) in [5.41, 5.74) is 9.60. The smallest absolute Gasteiger partial charge is 0.245 e. The van der Waals surface area contributed by atoms with Crippen molar-refractivity contribution in [2.45, 2.75) is 46.1 Å². The second-order valence-corrected chi connectivity index (χ2v) is 7.55. The first kappa shape index (κ1) is 25.7. The van der Waals surface area contributed by atoms with Gasteiger partial charge in [0.2, 0.25) is 5.91 Å². The van der Waals surface area contributed by atoms with Gasteiger partial charge in [0.25, 0.3) is 0 Å². The molecule has 0 bridgehead atoms. The lowest BCUT2D eigenvalue weighted by Gasteiger charge is -2.35. The molecule has 1 aromatic carbocycles. The van der Waals surface area contributed by atoms with Gasteiger partial charge in [-0.25, -0.2) is 4.39 Å². The number of aliphatic hydroxyl groups excluding tert-OH is 1. The summed E-state index contributed by atoms with van der Waals surface area (Å²) < 4.78 is 21.2. The molecule has 0 spiro atoms. The summed E-state index contributed by atoms with van der Waals surface area (Å²) in [5.74, 6) is -0.442. The van der Waals surface area contributed by atoms with E-state index in [4.69, 9.17) is 15.6 Å². The largest absolute Gasteiger partial charge is 0.492 e. The number of aliphatic hydroxyl groups is 1. The molecule has 0 radical (unpaired) electrons. The zero-order valence-electron chi connectivity index (χ0n) is 19.7. The summed E-state index contributed by atoms with van der Waals surface area (Å²) in [5, 5.41) is 11.5. The fourth-order valence-corrected chi connectivity index (χ4v) is 3.89. The number of halogens is 1. The van der Waals surface area contributed by atoms with Gasteiger partial charge in [-0.3, -0.25) is 4.79 Å². The molecule has 2 aliphatic rings. The predicted molar refractivity (Wildman–Crippen MR) is 129 cm³/mol. The standard InChI is InChI=1S/C22H31FN4O3.C2H6/c1-4-15-12-27(16-5-6-16)20-17(14(15)2)11-18(23)21(22(20)30-3)26(9-7-24)10-8-25-19(29)13-28;1-2/h11-12,16,28H,2,4-10,13,24H2,1,3H3,(H,25,29);1-2H3. The van der Waals surface area contributed by atoms with E-state index in [1.54, 1.807) is 12.0 Å². The average Bonchev–Trinajstić information content (AvgIpc) is 3.65. The molecule has 32 heavy (non-hydrogen) atoms. The Balaban J connectivity index is 0.00000176. The van der Waals surface area contributed by atoms with Crippen LogP contribution in [0, 0.1) is 5.82 Å². The molecule has 0 saturated heterocycles. The lowest BCUT2D eigenvalue weighted by molar-refractivity contribution is -0.123. The van der Waals surface area contributed by atoms with Gasteiger partial charge in [0.05, 0.1) is 12.8 Å². The molecule has 1 aliphatic carbocycles. The fourth-order valence-electron chi connectivity index (χ4n) is 3.89. The second kappa shape index (κ2) is 11.9. The van der Waals surface area contributed by atoms with Crippen LogP contribution in [-0.2, 0) is 4.79 Å². The first-order valence-corrected chi connectivity index (χ1v) is 11.4. The van der Waals surface area contributed by atoms with Crippen LogP contribution >= 0.6 is 0 Å². The van der Waals surface area contributed by atoms with Crippen LogP contribution in [0.3, 0.4) is 0 Å². The topological polar surface area (TPSA) is 91.1 Å². The molecule has 1 saturated carbocycles. The van der Waals surface area contributed by atoms with Crippen molar-refractivity contribution in [3.05, 3.63) is 35.8 Å². The lowest BCUT2D eigenvalue weighted by atomic mass is 9.91. The number of nitrogens with one attached hydrogen (secondary N) is 1. The molecule has 1 fully saturated rings. The molecule has 4 N–H and O–H groups in total. The Labute approximate surface area is 190 Å². The predicted octanol–water partition coefficient (Wildman–Crippen LogP) is 3.02.